The molecule has 100 valence electrons. The quantitative estimate of drug-likeness (QED) is 0.610. The smallest absolute Gasteiger partial charge is 0.323 e. The molecule has 3 rings (SSSR count). The molecular weight excluding hydrogens is 244 g/mol. The summed E-state index contributed by atoms with van der Waals surface area (Å²) in [7, 11) is 0. The summed E-state index contributed by atoms with van der Waals surface area (Å²) in [6.45, 7) is 2.18. The number of imidazole rings is 1. The Bertz CT molecular complexity index is 654. The Balaban J connectivity index is 1.58. The molecule has 1 fully saturated rings. The molecule has 19 heavy (non-hydrogen) atoms. The molecule has 1 aliphatic rings. The molecule has 0 unspecified atom stereocenters. The molecule has 0 spiro atoms. The molecule has 0 saturated carbocycles. The van der Waals surface area contributed by atoms with E-state index in [1.165, 1.54) is 0 Å². The van der Waals surface area contributed by atoms with Crippen molar-refractivity contribution >= 4 is 16.9 Å². The third-order valence-electron chi connectivity index (χ3n) is 3.45. The van der Waals surface area contributed by atoms with Crippen LogP contribution in [0.5, 0.6) is 0 Å². The summed E-state index contributed by atoms with van der Waals surface area (Å²) in [4.78, 5) is 28.2. The van der Waals surface area contributed by atoms with Crippen molar-refractivity contribution in [3.63, 3.8) is 0 Å². The molecule has 2 heterocycles. The Morgan fingerprint density at radius 3 is 2.79 bits per heavy atom. The lowest BCUT2D eigenvalue weighted by atomic mass is 10.0. The van der Waals surface area contributed by atoms with Crippen LogP contribution in [0.3, 0.4) is 0 Å². The van der Waals surface area contributed by atoms with Gasteiger partial charge in [-0.3, -0.25) is 4.79 Å². The molecule has 6 heteroatoms. The molecule has 1 aliphatic heterocycles. The second kappa shape index (κ2) is 4.89. The Kier molecular flexibility index (Phi) is 3.08. The van der Waals surface area contributed by atoms with Crippen LogP contribution in [0.1, 0.15) is 5.56 Å². The first-order valence-electron chi connectivity index (χ1n) is 6.42. The Labute approximate surface area is 109 Å². The Morgan fingerprint density at radius 2 is 2.05 bits per heavy atom. The van der Waals surface area contributed by atoms with E-state index in [0.717, 1.165) is 36.1 Å². The van der Waals surface area contributed by atoms with Gasteiger partial charge in [0.15, 0.2) is 0 Å². The van der Waals surface area contributed by atoms with Gasteiger partial charge in [0.1, 0.15) is 0 Å². The second-order valence-corrected chi connectivity index (χ2v) is 4.86. The first-order chi connectivity index (χ1) is 9.22. The zero-order valence-corrected chi connectivity index (χ0v) is 10.5. The van der Waals surface area contributed by atoms with E-state index in [9.17, 15) is 9.59 Å². The predicted molar refractivity (Wildman–Crippen MR) is 72.0 cm³/mol. The number of benzene rings is 1. The van der Waals surface area contributed by atoms with Crippen molar-refractivity contribution in [1.82, 2.24) is 20.6 Å². The van der Waals surface area contributed by atoms with E-state index < -0.39 is 0 Å². The monoisotopic (exact) mass is 260 g/mol. The number of H-pyrrole nitrogens is 2. The average Bonchev–Trinajstić information content (AvgIpc) is 2.66. The van der Waals surface area contributed by atoms with E-state index in [1.807, 2.05) is 18.2 Å². The van der Waals surface area contributed by atoms with Crippen LogP contribution in [0.4, 0.5) is 0 Å². The SMILES string of the molecule is O=C(NCCc1ccc2[nH]c(=O)[nH]c2c1)C1CNC1. The fraction of sp³-hybridized carbons (Fsp3) is 0.385. The Morgan fingerprint density at radius 1 is 1.26 bits per heavy atom. The minimum Gasteiger partial charge on any atom is -0.355 e. The first kappa shape index (κ1) is 12.0. The summed E-state index contributed by atoms with van der Waals surface area (Å²) in [5.74, 6) is 0.249. The molecule has 0 atom stereocenters. The first-order valence-corrected chi connectivity index (χ1v) is 6.42. The predicted octanol–water partition coefficient (Wildman–Crippen LogP) is -0.266. The highest BCUT2D eigenvalue weighted by atomic mass is 16.2. The fourth-order valence-corrected chi connectivity index (χ4v) is 2.18. The van der Waals surface area contributed by atoms with E-state index in [0.29, 0.717) is 6.54 Å². The van der Waals surface area contributed by atoms with Gasteiger partial charge >= 0.3 is 5.69 Å². The van der Waals surface area contributed by atoms with E-state index in [4.69, 9.17) is 0 Å². The van der Waals surface area contributed by atoms with Crippen molar-refractivity contribution in [2.24, 2.45) is 5.92 Å². The summed E-state index contributed by atoms with van der Waals surface area (Å²) in [5, 5.41) is 6.00. The van der Waals surface area contributed by atoms with Gasteiger partial charge in [-0.1, -0.05) is 6.07 Å². The van der Waals surface area contributed by atoms with E-state index in [1.54, 1.807) is 0 Å². The van der Waals surface area contributed by atoms with Gasteiger partial charge in [-0.25, -0.2) is 4.79 Å². The van der Waals surface area contributed by atoms with Crippen LogP contribution >= 0.6 is 0 Å². The van der Waals surface area contributed by atoms with Crippen molar-refractivity contribution in [1.29, 1.82) is 0 Å². The summed E-state index contributed by atoms with van der Waals surface area (Å²) in [6, 6.07) is 5.77. The van der Waals surface area contributed by atoms with E-state index in [2.05, 4.69) is 20.6 Å². The van der Waals surface area contributed by atoms with Gasteiger partial charge in [0.05, 0.1) is 17.0 Å². The lowest BCUT2D eigenvalue weighted by molar-refractivity contribution is -0.126. The topological polar surface area (TPSA) is 89.8 Å². The molecule has 0 aliphatic carbocycles. The summed E-state index contributed by atoms with van der Waals surface area (Å²) < 4.78 is 0. The third-order valence-corrected chi connectivity index (χ3v) is 3.45. The highest BCUT2D eigenvalue weighted by molar-refractivity contribution is 5.80. The minimum atomic E-state index is -0.196. The van der Waals surface area contributed by atoms with Crippen molar-refractivity contribution in [3.8, 4) is 0 Å². The molecule has 6 nitrogen and oxygen atoms in total. The standard InChI is InChI=1S/C13H16N4O2/c18-12(9-6-14-7-9)15-4-3-8-1-2-10-11(5-8)17-13(19)16-10/h1-2,5,9,14H,3-4,6-7H2,(H,15,18)(H2,16,17,19). The molecule has 0 bridgehead atoms. The van der Waals surface area contributed by atoms with Gasteiger partial charge < -0.3 is 20.6 Å². The highest BCUT2D eigenvalue weighted by Crippen LogP contribution is 2.10. The number of hydrogen-bond acceptors (Lipinski definition) is 3. The van der Waals surface area contributed by atoms with Crippen LogP contribution in [-0.4, -0.2) is 35.5 Å². The third kappa shape index (κ3) is 2.53. The van der Waals surface area contributed by atoms with Gasteiger partial charge in [0.25, 0.3) is 0 Å². The maximum absolute atomic E-state index is 11.6. The van der Waals surface area contributed by atoms with E-state index >= 15 is 0 Å². The summed E-state index contributed by atoms with van der Waals surface area (Å²) in [5.41, 5.74) is 2.50. The summed E-state index contributed by atoms with van der Waals surface area (Å²) in [6.07, 6.45) is 0.759. The zero-order chi connectivity index (χ0) is 13.2. The van der Waals surface area contributed by atoms with Crippen molar-refractivity contribution in [2.45, 2.75) is 6.42 Å². The number of nitrogens with one attached hydrogen (secondary N) is 4. The van der Waals surface area contributed by atoms with Gasteiger partial charge in [0, 0.05) is 19.6 Å². The number of rotatable bonds is 4. The number of hydrogen-bond donors (Lipinski definition) is 4. The van der Waals surface area contributed by atoms with E-state index in [-0.39, 0.29) is 17.5 Å². The number of aromatic amines is 2. The van der Waals surface area contributed by atoms with Gasteiger partial charge in [-0.15, -0.1) is 0 Å². The number of carbonyl (C=O) groups excluding carboxylic acids is 1. The number of fused-ring (bicyclic) bond motifs is 1. The molecule has 2 aromatic rings. The largest absolute Gasteiger partial charge is 0.355 e. The highest BCUT2D eigenvalue weighted by Gasteiger charge is 2.23. The van der Waals surface area contributed by atoms with Crippen LogP contribution in [0.25, 0.3) is 11.0 Å². The molecule has 1 amide bonds. The van der Waals surface area contributed by atoms with Crippen LogP contribution < -0.4 is 16.3 Å². The van der Waals surface area contributed by atoms with Gasteiger partial charge in [-0.05, 0) is 24.1 Å². The van der Waals surface area contributed by atoms with Gasteiger partial charge in [0.2, 0.25) is 5.91 Å². The minimum absolute atomic E-state index is 0.120. The molecule has 4 N–H and O–H groups in total. The maximum Gasteiger partial charge on any atom is 0.323 e. The zero-order valence-electron chi connectivity index (χ0n) is 10.5. The number of amides is 1. The normalized spacial score (nSPS) is 15.4. The lowest BCUT2D eigenvalue weighted by Gasteiger charge is -2.25. The average molecular weight is 260 g/mol. The second-order valence-electron chi connectivity index (χ2n) is 4.86. The van der Waals surface area contributed by atoms with Crippen LogP contribution in [-0.2, 0) is 11.2 Å². The fourth-order valence-electron chi connectivity index (χ4n) is 2.18. The Hall–Kier alpha value is -2.08. The van der Waals surface area contributed by atoms with Crippen LogP contribution in [0.2, 0.25) is 0 Å². The molecular formula is C13H16N4O2. The van der Waals surface area contributed by atoms with Gasteiger partial charge in [-0.2, -0.15) is 0 Å². The van der Waals surface area contributed by atoms with Crippen molar-refractivity contribution < 1.29 is 4.79 Å². The number of aromatic nitrogens is 2. The van der Waals surface area contributed by atoms with Crippen molar-refractivity contribution in [3.05, 3.63) is 34.2 Å². The number of carbonyl (C=O) groups is 1. The van der Waals surface area contributed by atoms with Crippen LogP contribution in [0.15, 0.2) is 23.0 Å². The summed E-state index contributed by atoms with van der Waals surface area (Å²) >= 11 is 0. The molecule has 1 saturated heterocycles. The van der Waals surface area contributed by atoms with Crippen molar-refractivity contribution in [2.75, 3.05) is 19.6 Å². The molecule has 0 radical (unpaired) electrons. The maximum atomic E-state index is 11.6. The molecule has 1 aromatic heterocycles. The molecule has 1 aromatic carbocycles. The lowest BCUT2D eigenvalue weighted by Crippen LogP contribution is -2.51. The van der Waals surface area contributed by atoms with Crippen LogP contribution in [0, 0.1) is 5.92 Å².